The van der Waals surface area contributed by atoms with Crippen molar-refractivity contribution in [2.75, 3.05) is 11.9 Å². The lowest BCUT2D eigenvalue weighted by molar-refractivity contribution is 0.546. The molecule has 0 aliphatic heterocycles. The van der Waals surface area contributed by atoms with E-state index in [4.69, 9.17) is 0 Å². The van der Waals surface area contributed by atoms with Gasteiger partial charge < -0.3 is 4.90 Å². The molecule has 2 atom stereocenters. The van der Waals surface area contributed by atoms with Gasteiger partial charge in [-0.3, -0.25) is 4.98 Å². The summed E-state index contributed by atoms with van der Waals surface area (Å²) in [6, 6.07) is 35.1. The Morgan fingerprint density at radius 3 is 2.11 bits per heavy atom. The van der Waals surface area contributed by atoms with Crippen molar-refractivity contribution in [2.45, 2.75) is 32.2 Å². The fraction of sp³-hybridized carbons (Fsp3) is 0.182. The van der Waals surface area contributed by atoms with E-state index in [1.54, 1.807) is 0 Å². The Bertz CT molecular complexity index is 1470. The normalized spacial score (nSPS) is 13.3. The second-order valence-electron chi connectivity index (χ2n) is 9.47. The lowest BCUT2D eigenvalue weighted by atomic mass is 9.88. The number of hydrogen-bond donors (Lipinski definition) is 0. The maximum absolute atomic E-state index is 4.61. The predicted molar refractivity (Wildman–Crippen MR) is 151 cm³/mol. The van der Waals surface area contributed by atoms with E-state index in [9.17, 15) is 0 Å². The van der Waals surface area contributed by atoms with Gasteiger partial charge >= 0.3 is 0 Å². The van der Waals surface area contributed by atoms with Crippen LogP contribution in [0.4, 0.5) is 5.69 Å². The first-order chi connectivity index (χ1) is 17.1. The first-order valence-electron chi connectivity index (χ1n) is 12.4. The van der Waals surface area contributed by atoms with E-state index in [1.807, 2.05) is 6.92 Å². The Kier molecular flexibility index (Phi) is 6.63. The quantitative estimate of drug-likeness (QED) is 0.244. The van der Waals surface area contributed by atoms with E-state index >= 15 is 0 Å². The van der Waals surface area contributed by atoms with Crippen LogP contribution >= 0.6 is 0 Å². The number of anilines is 1. The average Bonchev–Trinajstić information content (AvgIpc) is 2.90. The Morgan fingerprint density at radius 1 is 0.771 bits per heavy atom. The monoisotopic (exact) mass is 456 g/mol. The lowest BCUT2D eigenvalue weighted by Gasteiger charge is -2.33. The smallest absolute Gasteiger partial charge is 0.0372 e. The van der Waals surface area contributed by atoms with Crippen LogP contribution in [0.5, 0.6) is 0 Å². The molecule has 2 unspecified atom stereocenters. The second-order valence-corrected chi connectivity index (χ2v) is 9.47. The molecule has 0 aliphatic carbocycles. The summed E-state index contributed by atoms with van der Waals surface area (Å²) in [6.45, 7) is 4.37. The number of allylic oxidation sites excluding steroid dienone is 1. The van der Waals surface area contributed by atoms with Gasteiger partial charge in [-0.1, -0.05) is 84.9 Å². The Labute approximate surface area is 208 Å². The van der Waals surface area contributed by atoms with Gasteiger partial charge in [0.25, 0.3) is 0 Å². The third-order valence-electron chi connectivity index (χ3n) is 7.17. The molecule has 0 bridgehead atoms. The molecule has 0 spiro atoms. The zero-order valence-electron chi connectivity index (χ0n) is 20.7. The topological polar surface area (TPSA) is 16.1 Å². The number of hydrogen-bond acceptors (Lipinski definition) is 2. The molecule has 0 fully saturated rings. The van der Waals surface area contributed by atoms with E-state index < -0.39 is 0 Å². The maximum atomic E-state index is 4.61. The number of nitrogens with zero attached hydrogens (tertiary/aromatic N) is 2. The summed E-state index contributed by atoms with van der Waals surface area (Å²) in [4.78, 5) is 7.02. The van der Waals surface area contributed by atoms with Crippen LogP contribution in [-0.2, 0) is 0 Å². The molecule has 35 heavy (non-hydrogen) atoms. The van der Waals surface area contributed by atoms with Gasteiger partial charge in [0.1, 0.15) is 0 Å². The van der Waals surface area contributed by atoms with Crippen molar-refractivity contribution in [3.05, 3.63) is 126 Å². The third-order valence-corrected chi connectivity index (χ3v) is 7.17. The predicted octanol–water partition coefficient (Wildman–Crippen LogP) is 8.41. The molecule has 0 amide bonds. The van der Waals surface area contributed by atoms with E-state index in [2.05, 4.69) is 139 Å². The molecule has 0 aliphatic rings. The van der Waals surface area contributed by atoms with Crippen molar-refractivity contribution in [3.63, 3.8) is 0 Å². The largest absolute Gasteiger partial charge is 0.371 e. The maximum Gasteiger partial charge on any atom is 0.0372 e. The van der Waals surface area contributed by atoms with Crippen LogP contribution < -0.4 is 4.90 Å². The molecule has 5 aromatic rings. The Hall–Kier alpha value is -3.91. The summed E-state index contributed by atoms with van der Waals surface area (Å²) in [5.74, 6) is 0.316. The highest BCUT2D eigenvalue weighted by molar-refractivity contribution is 5.86. The van der Waals surface area contributed by atoms with Crippen molar-refractivity contribution in [1.29, 1.82) is 0 Å². The second kappa shape index (κ2) is 10.1. The molecule has 1 heterocycles. The zero-order valence-corrected chi connectivity index (χ0v) is 20.7. The van der Waals surface area contributed by atoms with Gasteiger partial charge in [-0.05, 0) is 77.2 Å². The van der Waals surface area contributed by atoms with Crippen molar-refractivity contribution in [3.8, 4) is 0 Å². The molecular formula is C33H32N2. The molecular weight excluding hydrogens is 424 g/mol. The number of benzene rings is 4. The fourth-order valence-corrected chi connectivity index (χ4v) is 4.87. The standard InChI is InChI=1S/C33H32N2/c1-24-15-17-31(23-34-24)33(14-8-9-26-16-18-27-10-4-6-12-29(27)21-26)25(2)35(3)32-20-19-28-11-5-7-13-30(28)22-32/h4-13,15-23,25,33H,14H2,1-3H3. The van der Waals surface area contributed by atoms with Gasteiger partial charge in [0.05, 0.1) is 0 Å². The van der Waals surface area contributed by atoms with E-state index in [-0.39, 0.29) is 0 Å². The first kappa shape index (κ1) is 22.9. The van der Waals surface area contributed by atoms with Gasteiger partial charge in [-0.2, -0.15) is 0 Å². The highest BCUT2D eigenvalue weighted by Crippen LogP contribution is 2.31. The molecule has 2 heteroatoms. The van der Waals surface area contributed by atoms with E-state index in [1.165, 1.54) is 38.4 Å². The van der Waals surface area contributed by atoms with E-state index in [0.717, 1.165) is 12.1 Å². The summed E-state index contributed by atoms with van der Waals surface area (Å²) in [6.07, 6.45) is 7.56. The minimum Gasteiger partial charge on any atom is -0.371 e. The molecule has 0 saturated heterocycles. The molecule has 0 saturated carbocycles. The fourth-order valence-electron chi connectivity index (χ4n) is 4.87. The summed E-state index contributed by atoms with van der Waals surface area (Å²) in [5, 5.41) is 5.10. The van der Waals surface area contributed by atoms with Crippen LogP contribution in [0.25, 0.3) is 27.6 Å². The van der Waals surface area contributed by atoms with Gasteiger partial charge in [0.15, 0.2) is 0 Å². The van der Waals surface area contributed by atoms with Gasteiger partial charge in [-0.15, -0.1) is 0 Å². The summed E-state index contributed by atoms with van der Waals surface area (Å²) < 4.78 is 0. The summed E-state index contributed by atoms with van der Waals surface area (Å²) >= 11 is 0. The highest BCUT2D eigenvalue weighted by atomic mass is 15.1. The molecule has 2 nitrogen and oxygen atoms in total. The van der Waals surface area contributed by atoms with Crippen LogP contribution in [0.2, 0.25) is 0 Å². The van der Waals surface area contributed by atoms with Crippen LogP contribution in [0.3, 0.4) is 0 Å². The third kappa shape index (κ3) is 5.12. The highest BCUT2D eigenvalue weighted by Gasteiger charge is 2.23. The molecule has 5 rings (SSSR count). The minimum atomic E-state index is 0.293. The SMILES string of the molecule is Cc1ccc(C(CC=Cc2ccc3ccccc3c2)C(C)N(C)c2ccc3ccccc3c2)cn1. The average molecular weight is 457 g/mol. The molecule has 1 aromatic heterocycles. The molecule has 0 N–H and O–H groups in total. The van der Waals surface area contributed by atoms with Crippen molar-refractivity contribution < 1.29 is 0 Å². The van der Waals surface area contributed by atoms with Crippen molar-refractivity contribution >= 4 is 33.3 Å². The van der Waals surface area contributed by atoms with Crippen LogP contribution in [0, 0.1) is 6.92 Å². The molecule has 174 valence electrons. The van der Waals surface area contributed by atoms with E-state index in [0.29, 0.717) is 12.0 Å². The number of aryl methyl sites for hydroxylation is 1. The number of aromatic nitrogens is 1. The van der Waals surface area contributed by atoms with Gasteiger partial charge in [0.2, 0.25) is 0 Å². The minimum absolute atomic E-state index is 0.293. The summed E-state index contributed by atoms with van der Waals surface area (Å²) in [7, 11) is 2.20. The first-order valence-corrected chi connectivity index (χ1v) is 12.4. The van der Waals surface area contributed by atoms with Crippen LogP contribution in [0.1, 0.15) is 36.1 Å². The van der Waals surface area contributed by atoms with Crippen molar-refractivity contribution in [2.24, 2.45) is 0 Å². The number of fused-ring (bicyclic) bond motifs is 2. The zero-order chi connectivity index (χ0) is 24.2. The molecule has 4 aromatic carbocycles. The number of likely N-dealkylation sites (N-methyl/N-ethyl adjacent to an activating group) is 1. The van der Waals surface area contributed by atoms with Gasteiger partial charge in [0, 0.05) is 36.6 Å². The number of pyridine rings is 1. The van der Waals surface area contributed by atoms with Crippen LogP contribution in [0.15, 0.2) is 109 Å². The number of rotatable bonds is 7. The summed E-state index contributed by atoms with van der Waals surface area (Å²) in [5.41, 5.74) is 4.80. The Morgan fingerprint density at radius 2 is 1.43 bits per heavy atom. The lowest BCUT2D eigenvalue weighted by Crippen LogP contribution is -2.34. The molecule has 0 radical (unpaired) electrons. The van der Waals surface area contributed by atoms with Crippen LogP contribution in [-0.4, -0.2) is 18.1 Å². The van der Waals surface area contributed by atoms with Gasteiger partial charge in [-0.25, -0.2) is 0 Å². The Balaban J connectivity index is 1.41. The van der Waals surface area contributed by atoms with Crippen molar-refractivity contribution in [1.82, 2.24) is 4.98 Å².